The molecule has 2 aromatic carbocycles. The van der Waals surface area contributed by atoms with Crippen LogP contribution in [0.3, 0.4) is 0 Å². The second kappa shape index (κ2) is 9.71. The number of anilines is 1. The van der Waals surface area contributed by atoms with E-state index < -0.39 is 0 Å². The lowest BCUT2D eigenvalue weighted by atomic mass is 10.2. The summed E-state index contributed by atoms with van der Waals surface area (Å²) in [4.78, 5) is 27.9. The molecule has 0 fully saturated rings. The minimum absolute atomic E-state index is 0.124. The largest absolute Gasteiger partial charge is 0.497 e. The molecule has 0 amide bonds. The first-order valence-electron chi connectivity index (χ1n) is 12.1. The molecule has 4 aromatic heterocycles. The number of ether oxygens (including phenoxy) is 1. The summed E-state index contributed by atoms with van der Waals surface area (Å²) >= 11 is 1.59. The predicted molar refractivity (Wildman–Crippen MR) is 149 cm³/mol. The Bertz CT molecular complexity index is 1820. The van der Waals surface area contributed by atoms with Gasteiger partial charge in [0.2, 0.25) is 0 Å². The van der Waals surface area contributed by atoms with Gasteiger partial charge in [-0.3, -0.25) is 9.36 Å². The van der Waals surface area contributed by atoms with E-state index >= 15 is 0 Å². The molecule has 0 aliphatic carbocycles. The molecule has 2 N–H and O–H groups in total. The van der Waals surface area contributed by atoms with Gasteiger partial charge in [0.05, 0.1) is 24.2 Å². The van der Waals surface area contributed by atoms with Crippen LogP contribution in [-0.2, 0) is 0 Å². The van der Waals surface area contributed by atoms with E-state index in [9.17, 15) is 4.79 Å². The summed E-state index contributed by atoms with van der Waals surface area (Å²) in [5, 5.41) is 9.21. The Hall–Kier alpha value is -4.57. The van der Waals surface area contributed by atoms with Crippen molar-refractivity contribution in [2.75, 3.05) is 12.4 Å². The van der Waals surface area contributed by atoms with Crippen molar-refractivity contribution in [1.82, 2.24) is 29.1 Å². The molecule has 0 saturated heterocycles. The summed E-state index contributed by atoms with van der Waals surface area (Å²) in [5.41, 5.74) is 2.77. The normalized spacial score (nSPS) is 12.2. The number of para-hydroxylation sites is 1. The number of fused-ring (bicyclic) bond motifs is 2. The molecular weight excluding hydrogens is 498 g/mol. The number of methoxy groups -OCH3 is 1. The van der Waals surface area contributed by atoms with Crippen LogP contribution in [0.4, 0.5) is 5.82 Å². The fourth-order valence-electron chi connectivity index (χ4n) is 4.52. The lowest BCUT2D eigenvalue weighted by molar-refractivity contribution is 0.413. The number of H-pyrrole nitrogens is 1. The van der Waals surface area contributed by atoms with Gasteiger partial charge in [-0.2, -0.15) is 5.10 Å². The van der Waals surface area contributed by atoms with E-state index in [1.54, 1.807) is 28.0 Å². The molecule has 6 aromatic rings. The molecule has 0 saturated carbocycles. The van der Waals surface area contributed by atoms with Gasteiger partial charge in [-0.1, -0.05) is 36.0 Å². The highest BCUT2D eigenvalue weighted by Crippen LogP contribution is 2.37. The zero-order valence-corrected chi connectivity index (χ0v) is 21.9. The van der Waals surface area contributed by atoms with Gasteiger partial charge in [0.25, 0.3) is 5.56 Å². The average molecular weight is 524 g/mol. The Balaban J connectivity index is 1.43. The van der Waals surface area contributed by atoms with Crippen LogP contribution in [0.5, 0.6) is 5.75 Å². The fourth-order valence-corrected chi connectivity index (χ4v) is 5.51. The van der Waals surface area contributed by atoms with Gasteiger partial charge in [-0.05, 0) is 55.8 Å². The molecular formula is C28H25N7O2S. The van der Waals surface area contributed by atoms with Crippen molar-refractivity contribution in [1.29, 1.82) is 0 Å². The zero-order chi connectivity index (χ0) is 26.2. The number of nitrogens with one attached hydrogen (secondary N) is 2. The minimum Gasteiger partial charge on any atom is -0.497 e. The molecule has 0 spiro atoms. The van der Waals surface area contributed by atoms with Crippen LogP contribution in [0, 0.1) is 6.92 Å². The molecule has 0 radical (unpaired) electrons. The number of aryl methyl sites for hydroxylation is 1. The molecule has 0 unspecified atom stereocenters. The molecule has 190 valence electrons. The van der Waals surface area contributed by atoms with Crippen molar-refractivity contribution in [2.24, 2.45) is 0 Å². The molecule has 1 atom stereocenters. The van der Waals surface area contributed by atoms with E-state index in [-0.39, 0.29) is 11.6 Å². The average Bonchev–Trinajstić information content (AvgIpc) is 3.53. The second-order valence-corrected chi connectivity index (χ2v) is 9.99. The first kappa shape index (κ1) is 23.8. The summed E-state index contributed by atoms with van der Waals surface area (Å²) in [6.45, 7) is 3.89. The highest BCUT2D eigenvalue weighted by molar-refractivity contribution is 7.99. The van der Waals surface area contributed by atoms with Crippen LogP contribution in [-0.4, -0.2) is 36.2 Å². The number of rotatable bonds is 7. The molecule has 6 rings (SSSR count). The number of hydrogen-bond donors (Lipinski definition) is 2. The number of hydrogen-bond acceptors (Lipinski definition) is 7. The summed E-state index contributed by atoms with van der Waals surface area (Å²) in [6, 6.07) is 19.0. The topological polar surface area (TPSA) is 102 Å². The van der Waals surface area contributed by atoms with Gasteiger partial charge < -0.3 is 15.0 Å². The smallest absolute Gasteiger partial charge is 0.282 e. The highest BCUT2D eigenvalue weighted by atomic mass is 32.2. The fraction of sp³-hybridized carbons (Fsp3) is 0.143. The molecule has 9 nitrogen and oxygen atoms in total. The van der Waals surface area contributed by atoms with Crippen molar-refractivity contribution < 1.29 is 4.74 Å². The lowest BCUT2D eigenvalue weighted by Gasteiger charge is -2.20. The van der Waals surface area contributed by atoms with Gasteiger partial charge in [0.15, 0.2) is 5.82 Å². The number of aromatic amines is 1. The zero-order valence-electron chi connectivity index (χ0n) is 21.0. The van der Waals surface area contributed by atoms with Crippen molar-refractivity contribution in [3.8, 4) is 11.4 Å². The van der Waals surface area contributed by atoms with Gasteiger partial charge in [0.1, 0.15) is 29.1 Å². The van der Waals surface area contributed by atoms with E-state index in [1.165, 1.54) is 6.33 Å². The van der Waals surface area contributed by atoms with Crippen LogP contribution < -0.4 is 15.6 Å². The Morgan fingerprint density at radius 3 is 2.74 bits per heavy atom. The van der Waals surface area contributed by atoms with Gasteiger partial charge in [-0.15, -0.1) is 0 Å². The Morgan fingerprint density at radius 1 is 1.08 bits per heavy atom. The molecule has 0 aliphatic rings. The standard InChI is InChI=1S/C28H25N7O2S/c1-17-12-13-34-24(17)28(36)35(19-8-5-4-6-9-19)27(33-34)18(2)32-26-23-22(15-29-25(23)30-16-31-26)38-21-11-7-10-20(14-21)37-3/h4-16,18H,1-3H3,(H2,29,30,31,32)/t18-/m0/s1. The van der Waals surface area contributed by atoms with Crippen LogP contribution >= 0.6 is 11.8 Å². The Kier molecular flexibility index (Phi) is 6.09. The van der Waals surface area contributed by atoms with E-state index in [0.717, 1.165) is 32.2 Å². The van der Waals surface area contributed by atoms with E-state index in [4.69, 9.17) is 9.84 Å². The Morgan fingerprint density at radius 2 is 1.92 bits per heavy atom. The van der Waals surface area contributed by atoms with Crippen LogP contribution in [0.15, 0.2) is 94.0 Å². The van der Waals surface area contributed by atoms with Crippen molar-refractivity contribution >= 4 is 34.1 Å². The minimum atomic E-state index is -0.363. The highest BCUT2D eigenvalue weighted by Gasteiger charge is 2.21. The second-order valence-electron chi connectivity index (χ2n) is 8.87. The SMILES string of the molecule is COc1cccc(Sc2c[nH]c3ncnc(N[C@@H](C)c4nn5ccc(C)c5c(=O)n4-c4ccccc4)c23)c1. The Labute approximate surface area is 222 Å². The molecule has 0 bridgehead atoms. The molecule has 0 aliphatic heterocycles. The van der Waals surface area contributed by atoms with E-state index in [2.05, 4.69) is 20.3 Å². The number of aromatic nitrogens is 6. The summed E-state index contributed by atoms with van der Waals surface area (Å²) < 4.78 is 8.70. The maximum absolute atomic E-state index is 13.7. The molecule has 38 heavy (non-hydrogen) atoms. The van der Waals surface area contributed by atoms with Gasteiger partial charge in [0, 0.05) is 22.2 Å². The predicted octanol–water partition coefficient (Wildman–Crippen LogP) is 5.40. The summed E-state index contributed by atoms with van der Waals surface area (Å²) in [6.07, 6.45) is 5.26. The molecule has 4 heterocycles. The first-order chi connectivity index (χ1) is 18.5. The van der Waals surface area contributed by atoms with Crippen molar-refractivity contribution in [3.05, 3.63) is 101 Å². The number of nitrogens with zero attached hydrogens (tertiary/aromatic N) is 5. The van der Waals surface area contributed by atoms with E-state index in [0.29, 0.717) is 22.8 Å². The van der Waals surface area contributed by atoms with Crippen LogP contribution in [0.1, 0.15) is 24.4 Å². The third-order valence-corrected chi connectivity index (χ3v) is 7.40. The quantitative estimate of drug-likeness (QED) is 0.289. The third-order valence-electron chi connectivity index (χ3n) is 6.37. The van der Waals surface area contributed by atoms with Crippen molar-refractivity contribution in [3.63, 3.8) is 0 Å². The van der Waals surface area contributed by atoms with Crippen molar-refractivity contribution in [2.45, 2.75) is 29.7 Å². The van der Waals surface area contributed by atoms with Gasteiger partial charge in [-0.25, -0.2) is 14.5 Å². The monoisotopic (exact) mass is 523 g/mol. The maximum Gasteiger partial charge on any atom is 0.282 e. The van der Waals surface area contributed by atoms with Crippen LogP contribution in [0.2, 0.25) is 0 Å². The summed E-state index contributed by atoms with van der Waals surface area (Å²) in [7, 11) is 1.65. The van der Waals surface area contributed by atoms with Crippen LogP contribution in [0.25, 0.3) is 22.2 Å². The van der Waals surface area contributed by atoms with E-state index in [1.807, 2.05) is 86.9 Å². The first-order valence-corrected chi connectivity index (χ1v) is 12.9. The summed E-state index contributed by atoms with van der Waals surface area (Å²) in [5.74, 6) is 2.00. The van der Waals surface area contributed by atoms with Gasteiger partial charge >= 0.3 is 0 Å². The number of benzene rings is 2. The lowest BCUT2D eigenvalue weighted by Crippen LogP contribution is -2.29. The maximum atomic E-state index is 13.7. The third kappa shape index (κ3) is 4.18. The molecule has 10 heteroatoms.